The Morgan fingerprint density at radius 1 is 0.370 bits per heavy atom. The molecule has 0 aliphatic carbocycles. The van der Waals surface area contributed by atoms with E-state index in [1.165, 1.54) is 105 Å². The molecule has 1 atom stereocenters. The van der Waals surface area contributed by atoms with Crippen molar-refractivity contribution >= 4 is 72.6 Å². The molecule has 0 amide bonds. The Hall–Kier alpha value is -7.66. The van der Waals surface area contributed by atoms with Crippen LogP contribution >= 0.6 is 11.3 Å². The summed E-state index contributed by atoms with van der Waals surface area (Å²) in [5, 5.41) is 1.31. The van der Waals surface area contributed by atoms with Gasteiger partial charge in [-0.2, -0.15) is 0 Å². The lowest BCUT2D eigenvalue weighted by molar-refractivity contribution is 0.590. The third-order valence-electron chi connectivity index (χ3n) is 17.1. The van der Waals surface area contributed by atoms with Gasteiger partial charge in [0.05, 0.1) is 40.0 Å². The minimum absolute atomic E-state index is 0.00427. The first-order chi connectivity index (χ1) is 38.3. The largest absolute Gasteiger partial charge is 0.310 e. The van der Waals surface area contributed by atoms with Gasteiger partial charge in [-0.05, 0) is 157 Å². The number of fused-ring (bicyclic) bond motifs is 6. The maximum atomic E-state index is 2.63. The Balaban J connectivity index is 1.18. The van der Waals surface area contributed by atoms with Crippen LogP contribution in [0.1, 0.15) is 154 Å². The molecule has 12 rings (SSSR count). The monoisotopic (exact) mass is 1080 g/mol. The lowest BCUT2D eigenvalue weighted by Crippen LogP contribution is -2.29. The first kappa shape index (κ1) is 54.0. The van der Waals surface area contributed by atoms with Crippen molar-refractivity contribution in [1.82, 2.24) is 0 Å². The molecule has 9 aromatic carbocycles. The maximum Gasteiger partial charge on any atom is 0.0689 e. The number of anilines is 9. The van der Waals surface area contributed by atoms with Gasteiger partial charge in [-0.25, -0.2) is 0 Å². The Morgan fingerprint density at radius 3 is 1.43 bits per heavy atom. The Kier molecular flexibility index (Phi) is 13.0. The van der Waals surface area contributed by atoms with Crippen molar-refractivity contribution in [3.8, 4) is 22.3 Å². The Bertz CT molecular complexity index is 4000. The molecule has 3 heterocycles. The fourth-order valence-electron chi connectivity index (χ4n) is 12.3. The number of benzene rings is 9. The minimum atomic E-state index is -0.0679. The molecule has 2 aliphatic heterocycles. The van der Waals surface area contributed by atoms with E-state index in [4.69, 9.17) is 0 Å². The van der Waals surface area contributed by atoms with Gasteiger partial charge in [-0.15, -0.1) is 11.3 Å². The molecule has 10 aromatic rings. The van der Waals surface area contributed by atoms with Crippen LogP contribution in [-0.2, 0) is 27.1 Å². The highest BCUT2D eigenvalue weighted by Crippen LogP contribution is 2.65. The van der Waals surface area contributed by atoms with Crippen molar-refractivity contribution < 1.29 is 0 Å². The summed E-state index contributed by atoms with van der Waals surface area (Å²) in [7, 11) is 0. The van der Waals surface area contributed by atoms with E-state index in [9.17, 15) is 0 Å². The summed E-state index contributed by atoms with van der Waals surface area (Å²) in [5.74, 6) is -0.0495. The number of hydrogen-bond donors (Lipinski definition) is 0. The van der Waals surface area contributed by atoms with E-state index in [1.807, 2.05) is 11.3 Å². The maximum absolute atomic E-state index is 2.63. The van der Waals surface area contributed by atoms with E-state index in [2.05, 4.69) is 319 Å². The molecule has 1 aromatic heterocycles. The van der Waals surface area contributed by atoms with E-state index < -0.39 is 0 Å². The standard InChI is InChI=1S/C77H79N3S/c1-73(2,3)51-29-36-56(37-30-51)78(63-42-33-53(75(7,8)9)45-60(63)49-23-18-16-19-24-49)58-40-41-59-67(48-58)80(64-43-34-54(76(10,11)12)46-61(64)50-25-20-17-21-26-50)66-28-22-27-65-70(66)69(59)72-71(62-47-55(77(13,14)15)35-44-68(62)81-72)79(65)57-38-31-52(32-39-57)74(4,5)6/h16-48,69H,1-15H3. The van der Waals surface area contributed by atoms with Crippen molar-refractivity contribution in [1.29, 1.82) is 0 Å². The second-order valence-electron chi connectivity index (χ2n) is 28.0. The third kappa shape index (κ3) is 9.67. The molecule has 81 heavy (non-hydrogen) atoms. The van der Waals surface area contributed by atoms with Gasteiger partial charge in [0.15, 0.2) is 0 Å². The highest BCUT2D eigenvalue weighted by Gasteiger charge is 2.44. The van der Waals surface area contributed by atoms with Gasteiger partial charge in [0.1, 0.15) is 0 Å². The second-order valence-corrected chi connectivity index (χ2v) is 29.0. The van der Waals surface area contributed by atoms with Crippen molar-refractivity contribution in [3.05, 3.63) is 244 Å². The third-order valence-corrected chi connectivity index (χ3v) is 18.3. The number of hydrogen-bond acceptors (Lipinski definition) is 4. The van der Waals surface area contributed by atoms with E-state index in [0.29, 0.717) is 0 Å². The summed E-state index contributed by atoms with van der Waals surface area (Å²) >= 11 is 1.97. The fourth-order valence-corrected chi connectivity index (χ4v) is 13.6. The average molecular weight is 1080 g/mol. The van der Waals surface area contributed by atoms with Crippen molar-refractivity contribution in [3.63, 3.8) is 0 Å². The second kappa shape index (κ2) is 19.5. The van der Waals surface area contributed by atoms with E-state index in [0.717, 1.165) is 22.7 Å². The highest BCUT2D eigenvalue weighted by molar-refractivity contribution is 7.20. The molecule has 408 valence electrons. The van der Waals surface area contributed by atoms with Crippen molar-refractivity contribution in [2.24, 2.45) is 0 Å². The predicted molar refractivity (Wildman–Crippen MR) is 351 cm³/mol. The molecule has 0 bridgehead atoms. The van der Waals surface area contributed by atoms with Crippen LogP contribution in [0.2, 0.25) is 0 Å². The van der Waals surface area contributed by atoms with Gasteiger partial charge in [-0.3, -0.25) is 0 Å². The minimum Gasteiger partial charge on any atom is -0.310 e. The SMILES string of the molecule is CC(C)(C)c1ccc(N(c2ccc3c(c2)N(c2ccc(C(C)(C)C)cc2-c2ccccc2)c2cccc4c2C3c2sc3ccc(C(C)(C)C)cc3c2N4c2ccc(C(C)(C)C)cc2)c2ccc(C(C)(C)C)cc2-c2ccccc2)cc1. The van der Waals surface area contributed by atoms with Crippen LogP contribution in [0.3, 0.4) is 0 Å². The highest BCUT2D eigenvalue weighted by atomic mass is 32.1. The van der Waals surface area contributed by atoms with Crippen LogP contribution in [0.25, 0.3) is 32.3 Å². The molecule has 1 unspecified atom stereocenters. The van der Waals surface area contributed by atoms with Crippen LogP contribution < -0.4 is 14.7 Å². The molecule has 4 heteroatoms. The predicted octanol–water partition coefficient (Wildman–Crippen LogP) is 22.9. The first-order valence-electron chi connectivity index (χ1n) is 29.2. The van der Waals surface area contributed by atoms with Gasteiger partial charge in [0, 0.05) is 48.7 Å². The van der Waals surface area contributed by atoms with Gasteiger partial charge in [0.2, 0.25) is 0 Å². The average Bonchev–Trinajstić information content (AvgIpc) is 3.19. The topological polar surface area (TPSA) is 9.72 Å². The molecule has 0 fully saturated rings. The number of thiophene rings is 1. The van der Waals surface area contributed by atoms with Gasteiger partial charge >= 0.3 is 0 Å². The zero-order chi connectivity index (χ0) is 57.1. The molecular formula is C77H79N3S. The molecular weight excluding hydrogens is 999 g/mol. The summed E-state index contributed by atoms with van der Waals surface area (Å²) in [6, 6.07) is 77.0. The molecule has 3 nitrogen and oxygen atoms in total. The summed E-state index contributed by atoms with van der Waals surface area (Å²) in [5.41, 5.74) is 24.4. The quantitative estimate of drug-likeness (QED) is 0.157. The first-order valence-corrected chi connectivity index (χ1v) is 30.0. The fraction of sp³-hybridized carbons (Fsp3) is 0.273. The van der Waals surface area contributed by atoms with Crippen LogP contribution in [0, 0.1) is 0 Å². The molecule has 0 spiro atoms. The molecule has 0 saturated heterocycles. The molecule has 0 N–H and O–H groups in total. The Labute approximate surface area is 487 Å². The van der Waals surface area contributed by atoms with E-state index in [1.54, 1.807) is 0 Å². The summed E-state index contributed by atoms with van der Waals surface area (Å²) in [6.45, 7) is 34.8. The van der Waals surface area contributed by atoms with Gasteiger partial charge in [-0.1, -0.05) is 219 Å². The van der Waals surface area contributed by atoms with Crippen LogP contribution in [0.5, 0.6) is 0 Å². The van der Waals surface area contributed by atoms with Crippen LogP contribution in [0.15, 0.2) is 200 Å². The smallest absolute Gasteiger partial charge is 0.0689 e. The number of nitrogens with zero attached hydrogens (tertiary/aromatic N) is 3. The summed E-state index contributed by atoms with van der Waals surface area (Å²) in [4.78, 5) is 9.13. The van der Waals surface area contributed by atoms with E-state index >= 15 is 0 Å². The zero-order valence-corrected chi connectivity index (χ0v) is 51.2. The van der Waals surface area contributed by atoms with Crippen molar-refractivity contribution in [2.45, 2.75) is 137 Å². The zero-order valence-electron chi connectivity index (χ0n) is 50.4. The number of rotatable bonds is 7. The normalized spacial score (nSPS) is 14.4. The van der Waals surface area contributed by atoms with Crippen molar-refractivity contribution in [2.75, 3.05) is 14.7 Å². The van der Waals surface area contributed by atoms with Crippen LogP contribution in [0.4, 0.5) is 51.2 Å². The molecule has 2 aliphatic rings. The summed E-state index contributed by atoms with van der Waals surface area (Å²) in [6.07, 6.45) is 0. The van der Waals surface area contributed by atoms with Gasteiger partial charge < -0.3 is 14.7 Å². The van der Waals surface area contributed by atoms with E-state index in [-0.39, 0.29) is 33.0 Å². The van der Waals surface area contributed by atoms with Crippen LogP contribution in [-0.4, -0.2) is 0 Å². The Morgan fingerprint density at radius 2 is 0.852 bits per heavy atom. The lowest BCUT2D eigenvalue weighted by atomic mass is 9.78. The lowest BCUT2D eigenvalue weighted by Gasteiger charge is -2.45. The molecule has 0 saturated carbocycles. The molecule has 0 radical (unpaired) electrons. The van der Waals surface area contributed by atoms with Gasteiger partial charge in [0.25, 0.3) is 0 Å². The summed E-state index contributed by atoms with van der Waals surface area (Å²) < 4.78 is 1.31.